The normalized spacial score (nSPS) is 19.0. The van der Waals surface area contributed by atoms with Gasteiger partial charge in [0, 0.05) is 51.7 Å². The highest BCUT2D eigenvalue weighted by Gasteiger charge is 2.27. The second kappa shape index (κ2) is 10.6. The molecule has 0 N–H and O–H groups in total. The van der Waals surface area contributed by atoms with Crippen LogP contribution in [0.25, 0.3) is 16.3 Å². The number of aromatic nitrogens is 1. The molecule has 33 heavy (non-hydrogen) atoms. The van der Waals surface area contributed by atoms with Crippen LogP contribution in [0.4, 0.5) is 0 Å². The van der Waals surface area contributed by atoms with Crippen LogP contribution in [-0.4, -0.2) is 77.9 Å². The summed E-state index contributed by atoms with van der Waals surface area (Å²) in [5, 5.41) is 1.24. The number of amides is 1. The fourth-order valence-electron chi connectivity index (χ4n) is 4.76. The van der Waals surface area contributed by atoms with Gasteiger partial charge in [0.1, 0.15) is 0 Å². The minimum Gasteiger partial charge on any atom is -0.342 e. The first kappa shape index (κ1) is 22.3. The molecule has 3 heterocycles. The summed E-state index contributed by atoms with van der Waals surface area (Å²) in [4.78, 5) is 24.6. The van der Waals surface area contributed by atoms with Crippen LogP contribution in [0.2, 0.25) is 0 Å². The summed E-state index contributed by atoms with van der Waals surface area (Å²) in [6.07, 6.45) is 6.47. The Morgan fingerprint density at radius 3 is 2.36 bits per heavy atom. The number of carbonyl (C=O) groups is 1. The molecule has 1 amide bonds. The van der Waals surface area contributed by atoms with Gasteiger partial charge in [-0.2, -0.15) is 0 Å². The number of rotatable bonds is 6. The number of fused-ring (bicyclic) bond motifs is 1. The quantitative estimate of drug-likeness (QED) is 0.549. The van der Waals surface area contributed by atoms with Gasteiger partial charge in [0.25, 0.3) is 0 Å². The van der Waals surface area contributed by atoms with Crippen molar-refractivity contribution >= 4 is 33.5 Å². The van der Waals surface area contributed by atoms with Crippen LogP contribution in [0.1, 0.15) is 29.3 Å². The highest BCUT2D eigenvalue weighted by atomic mass is 32.1. The monoisotopic (exact) mass is 460 g/mol. The zero-order valence-electron chi connectivity index (χ0n) is 19.1. The van der Waals surface area contributed by atoms with Crippen LogP contribution in [0.5, 0.6) is 0 Å². The summed E-state index contributed by atoms with van der Waals surface area (Å²) in [5.41, 5.74) is 2.35. The molecule has 5 rings (SSSR count). The maximum Gasteiger partial charge on any atom is 0.236 e. The van der Waals surface area contributed by atoms with E-state index in [-0.39, 0.29) is 5.91 Å². The molecule has 0 bridgehead atoms. The van der Waals surface area contributed by atoms with Crippen LogP contribution in [0.15, 0.2) is 60.7 Å². The van der Waals surface area contributed by atoms with Crippen molar-refractivity contribution in [2.45, 2.75) is 18.8 Å². The molecule has 3 aromatic rings. The highest BCUT2D eigenvalue weighted by molar-refractivity contribution is 7.18. The number of benzene rings is 2. The summed E-state index contributed by atoms with van der Waals surface area (Å²) in [6, 6.07) is 18.8. The standard InChI is InChI=1S/C27H32N4OS/c32-26(21-30-19-17-29(18-20-30)14-6-9-22-7-2-1-3-8-22)31-15-12-23(13-16-31)27-28-24-10-4-5-11-25(24)33-27/h1-11,23H,12-21H2. The fraction of sp³-hybridized carbons (Fsp3) is 0.407. The predicted octanol–water partition coefficient (Wildman–Crippen LogP) is 4.33. The lowest BCUT2D eigenvalue weighted by atomic mass is 9.97. The van der Waals surface area contributed by atoms with Crippen LogP contribution in [0, 0.1) is 0 Å². The largest absolute Gasteiger partial charge is 0.342 e. The molecule has 0 radical (unpaired) electrons. The maximum atomic E-state index is 12.9. The molecular weight excluding hydrogens is 428 g/mol. The summed E-state index contributed by atoms with van der Waals surface area (Å²) in [6.45, 7) is 7.20. The predicted molar refractivity (Wildman–Crippen MR) is 137 cm³/mol. The van der Waals surface area contributed by atoms with E-state index in [9.17, 15) is 4.79 Å². The van der Waals surface area contributed by atoms with Gasteiger partial charge in [0.05, 0.1) is 21.8 Å². The van der Waals surface area contributed by atoms with Crippen LogP contribution < -0.4 is 0 Å². The molecule has 0 unspecified atom stereocenters. The topological polar surface area (TPSA) is 39.7 Å². The molecule has 0 saturated carbocycles. The molecule has 1 aromatic heterocycles. The van der Waals surface area contributed by atoms with E-state index in [4.69, 9.17) is 4.98 Å². The lowest BCUT2D eigenvalue weighted by molar-refractivity contribution is -0.133. The zero-order chi connectivity index (χ0) is 22.5. The van der Waals surface area contributed by atoms with Crippen LogP contribution in [-0.2, 0) is 4.79 Å². The molecule has 2 aliphatic heterocycles. The lowest BCUT2D eigenvalue weighted by Crippen LogP contribution is -2.50. The van der Waals surface area contributed by atoms with Gasteiger partial charge in [-0.05, 0) is 30.5 Å². The van der Waals surface area contributed by atoms with Crippen molar-refractivity contribution < 1.29 is 4.79 Å². The highest BCUT2D eigenvalue weighted by Crippen LogP contribution is 2.33. The van der Waals surface area contributed by atoms with Crippen LogP contribution >= 0.6 is 11.3 Å². The molecule has 0 aliphatic carbocycles. The van der Waals surface area contributed by atoms with E-state index in [1.165, 1.54) is 15.3 Å². The smallest absolute Gasteiger partial charge is 0.236 e. The van der Waals surface area contributed by atoms with E-state index in [1.807, 2.05) is 23.5 Å². The minimum absolute atomic E-state index is 0.287. The number of piperidine rings is 1. The van der Waals surface area contributed by atoms with Crippen molar-refractivity contribution in [3.05, 3.63) is 71.2 Å². The molecule has 172 valence electrons. The minimum atomic E-state index is 0.287. The van der Waals surface area contributed by atoms with Crippen molar-refractivity contribution in [3.63, 3.8) is 0 Å². The van der Waals surface area contributed by atoms with Crippen molar-refractivity contribution in [3.8, 4) is 0 Å². The Bertz CT molecular complexity index is 1050. The average molecular weight is 461 g/mol. The molecule has 0 spiro atoms. The van der Waals surface area contributed by atoms with Gasteiger partial charge in [0.2, 0.25) is 5.91 Å². The van der Waals surface area contributed by atoms with Gasteiger partial charge in [0.15, 0.2) is 0 Å². The second-order valence-electron chi connectivity index (χ2n) is 9.06. The summed E-state index contributed by atoms with van der Waals surface area (Å²) < 4.78 is 1.26. The fourth-order valence-corrected chi connectivity index (χ4v) is 5.90. The van der Waals surface area contributed by atoms with E-state index >= 15 is 0 Å². The molecule has 0 atom stereocenters. The van der Waals surface area contributed by atoms with Crippen molar-refractivity contribution in [2.24, 2.45) is 0 Å². The maximum absolute atomic E-state index is 12.9. The zero-order valence-corrected chi connectivity index (χ0v) is 19.9. The molecule has 2 saturated heterocycles. The number of likely N-dealkylation sites (tertiary alicyclic amines) is 1. The number of piperazine rings is 1. The van der Waals surface area contributed by atoms with Crippen molar-refractivity contribution in [2.75, 3.05) is 52.4 Å². The van der Waals surface area contributed by atoms with Gasteiger partial charge >= 0.3 is 0 Å². The molecule has 2 aromatic carbocycles. The SMILES string of the molecule is O=C(CN1CCN(CC=Cc2ccccc2)CC1)N1CCC(c2nc3ccccc3s2)CC1. The van der Waals surface area contributed by atoms with Gasteiger partial charge in [-0.3, -0.25) is 14.6 Å². The Labute approximate surface area is 200 Å². The Hall–Kier alpha value is -2.54. The van der Waals surface area contributed by atoms with Gasteiger partial charge < -0.3 is 4.90 Å². The molecule has 2 fully saturated rings. The third-order valence-corrected chi connectivity index (χ3v) is 8.00. The van der Waals surface area contributed by atoms with Crippen LogP contribution in [0.3, 0.4) is 0 Å². The Kier molecular flexibility index (Phi) is 7.15. The molecule has 5 nitrogen and oxygen atoms in total. The van der Waals surface area contributed by atoms with Gasteiger partial charge in [-0.1, -0.05) is 54.6 Å². The first-order valence-electron chi connectivity index (χ1n) is 12.0. The van der Waals surface area contributed by atoms with Crippen molar-refractivity contribution in [1.82, 2.24) is 19.7 Å². The first-order valence-corrected chi connectivity index (χ1v) is 12.9. The van der Waals surface area contributed by atoms with E-state index in [1.54, 1.807) is 0 Å². The molecular formula is C27H32N4OS. The van der Waals surface area contributed by atoms with E-state index in [0.29, 0.717) is 12.5 Å². The number of para-hydroxylation sites is 1. The Morgan fingerprint density at radius 2 is 1.61 bits per heavy atom. The second-order valence-corrected chi connectivity index (χ2v) is 10.1. The lowest BCUT2D eigenvalue weighted by Gasteiger charge is -2.36. The van der Waals surface area contributed by atoms with E-state index < -0.39 is 0 Å². The number of thiazole rings is 1. The number of hydrogen-bond acceptors (Lipinski definition) is 5. The van der Waals surface area contributed by atoms with Gasteiger partial charge in [-0.25, -0.2) is 4.98 Å². The van der Waals surface area contributed by atoms with Crippen molar-refractivity contribution in [1.29, 1.82) is 0 Å². The number of nitrogens with zero attached hydrogens (tertiary/aromatic N) is 4. The molecule has 2 aliphatic rings. The summed E-state index contributed by atoms with van der Waals surface area (Å²) in [7, 11) is 0. The third kappa shape index (κ3) is 5.69. The average Bonchev–Trinajstić information content (AvgIpc) is 3.30. The number of carbonyl (C=O) groups excluding carboxylic acids is 1. The molecule has 6 heteroatoms. The van der Waals surface area contributed by atoms with Gasteiger partial charge in [-0.15, -0.1) is 11.3 Å². The van der Waals surface area contributed by atoms with E-state index in [2.05, 4.69) is 69.3 Å². The summed E-state index contributed by atoms with van der Waals surface area (Å²) >= 11 is 1.81. The first-order chi connectivity index (χ1) is 16.2. The summed E-state index contributed by atoms with van der Waals surface area (Å²) in [5.74, 6) is 0.772. The number of hydrogen-bond donors (Lipinski definition) is 0. The van der Waals surface area contributed by atoms with E-state index in [0.717, 1.165) is 64.2 Å². The third-order valence-electron chi connectivity index (χ3n) is 6.80. The Balaban J connectivity index is 1.04. The Morgan fingerprint density at radius 1 is 0.909 bits per heavy atom.